The number of nitrogens with one attached hydrogen (secondary N) is 1. The van der Waals surface area contributed by atoms with E-state index in [1.165, 1.54) is 0 Å². The summed E-state index contributed by atoms with van der Waals surface area (Å²) in [5.74, 6) is -0.701. The molecule has 1 heterocycles. The van der Waals surface area contributed by atoms with E-state index in [-0.39, 0.29) is 23.4 Å². The third-order valence-corrected chi connectivity index (χ3v) is 5.45. The molecule has 3 rings (SSSR count). The Hall–Kier alpha value is -2.31. The molecule has 1 aliphatic carbocycles. The van der Waals surface area contributed by atoms with E-state index in [0.717, 1.165) is 56.4 Å². The first-order valence-corrected chi connectivity index (χ1v) is 9.17. The molecule has 1 aliphatic heterocycles. The molecule has 0 saturated carbocycles. The van der Waals surface area contributed by atoms with E-state index in [4.69, 9.17) is 0 Å². The van der Waals surface area contributed by atoms with Crippen LogP contribution in [0.3, 0.4) is 0 Å². The standard InChI is InChI=1S/C20H23F3N2O2/c21-20(22,23)16-7-5-15(6-8-16)18(27)24-13-17(26)25-12-4-11-19(14-25)9-2-1-3-10-19/h1-2,5-8H,3-4,9-14H2,(H,24,27). The van der Waals surface area contributed by atoms with E-state index in [0.29, 0.717) is 13.1 Å². The minimum Gasteiger partial charge on any atom is -0.343 e. The van der Waals surface area contributed by atoms with Crippen LogP contribution in [0.5, 0.6) is 0 Å². The van der Waals surface area contributed by atoms with Gasteiger partial charge >= 0.3 is 6.18 Å². The average Bonchev–Trinajstić information content (AvgIpc) is 2.66. The fourth-order valence-electron chi connectivity index (χ4n) is 3.91. The Morgan fingerprint density at radius 3 is 2.48 bits per heavy atom. The largest absolute Gasteiger partial charge is 0.416 e. The summed E-state index contributed by atoms with van der Waals surface area (Å²) in [7, 11) is 0. The molecule has 1 aromatic rings. The van der Waals surface area contributed by atoms with Gasteiger partial charge in [0.05, 0.1) is 12.1 Å². The second kappa shape index (κ2) is 7.74. The van der Waals surface area contributed by atoms with Gasteiger partial charge in [-0.1, -0.05) is 12.2 Å². The molecule has 2 aliphatic rings. The van der Waals surface area contributed by atoms with Crippen molar-refractivity contribution in [2.24, 2.45) is 5.41 Å². The molecule has 0 radical (unpaired) electrons. The summed E-state index contributed by atoms with van der Waals surface area (Å²) in [4.78, 5) is 26.4. The minimum absolute atomic E-state index is 0.100. The molecule has 146 valence electrons. The van der Waals surface area contributed by atoms with Crippen LogP contribution in [0.15, 0.2) is 36.4 Å². The van der Waals surface area contributed by atoms with E-state index in [1.807, 2.05) is 0 Å². The highest BCUT2D eigenvalue weighted by Crippen LogP contribution is 2.40. The van der Waals surface area contributed by atoms with Gasteiger partial charge in [-0.25, -0.2) is 0 Å². The summed E-state index contributed by atoms with van der Waals surface area (Å²) in [5.41, 5.74) is -0.557. The zero-order valence-electron chi connectivity index (χ0n) is 15.0. The normalized spacial score (nSPS) is 22.7. The van der Waals surface area contributed by atoms with Crippen molar-refractivity contribution in [1.82, 2.24) is 10.2 Å². The number of amides is 2. The molecule has 1 spiro atoms. The van der Waals surface area contributed by atoms with Crippen molar-refractivity contribution < 1.29 is 22.8 Å². The lowest BCUT2D eigenvalue weighted by molar-refractivity contribution is -0.137. The molecule has 0 bridgehead atoms. The van der Waals surface area contributed by atoms with Gasteiger partial charge in [-0.05, 0) is 61.8 Å². The molecule has 0 aromatic heterocycles. The van der Waals surface area contributed by atoms with Crippen molar-refractivity contribution >= 4 is 11.8 Å². The smallest absolute Gasteiger partial charge is 0.343 e. The van der Waals surface area contributed by atoms with Crippen molar-refractivity contribution in [2.45, 2.75) is 38.3 Å². The zero-order valence-corrected chi connectivity index (χ0v) is 15.0. The van der Waals surface area contributed by atoms with Crippen LogP contribution in [-0.4, -0.2) is 36.3 Å². The van der Waals surface area contributed by atoms with Crippen LogP contribution in [0.4, 0.5) is 13.2 Å². The maximum Gasteiger partial charge on any atom is 0.416 e. The first-order valence-electron chi connectivity index (χ1n) is 9.17. The second-order valence-corrected chi connectivity index (χ2v) is 7.39. The predicted molar refractivity (Wildman–Crippen MR) is 95.0 cm³/mol. The summed E-state index contributed by atoms with van der Waals surface area (Å²) in [6, 6.07) is 3.96. The number of hydrogen-bond acceptors (Lipinski definition) is 2. The molecule has 1 unspecified atom stereocenters. The molecular formula is C20H23F3N2O2. The number of nitrogens with zero attached hydrogens (tertiary/aromatic N) is 1. The summed E-state index contributed by atoms with van der Waals surface area (Å²) < 4.78 is 37.7. The number of likely N-dealkylation sites (tertiary alicyclic amines) is 1. The van der Waals surface area contributed by atoms with Gasteiger partial charge in [-0.15, -0.1) is 0 Å². The Bertz CT molecular complexity index is 728. The number of carbonyl (C=O) groups is 2. The molecule has 2 amide bonds. The highest BCUT2D eigenvalue weighted by molar-refractivity contribution is 5.96. The van der Waals surface area contributed by atoms with Gasteiger partial charge in [0.1, 0.15) is 0 Å². The molecule has 1 atom stereocenters. The van der Waals surface area contributed by atoms with Crippen LogP contribution in [0.1, 0.15) is 48.0 Å². The number of hydrogen-bond donors (Lipinski definition) is 1. The number of piperidine rings is 1. The van der Waals surface area contributed by atoms with Crippen molar-refractivity contribution in [3.63, 3.8) is 0 Å². The number of carbonyl (C=O) groups excluding carboxylic acids is 2. The number of allylic oxidation sites excluding steroid dienone is 2. The van der Waals surface area contributed by atoms with Gasteiger partial charge in [-0.2, -0.15) is 13.2 Å². The van der Waals surface area contributed by atoms with Crippen LogP contribution in [0.2, 0.25) is 0 Å². The van der Waals surface area contributed by atoms with Gasteiger partial charge in [0.15, 0.2) is 0 Å². The van der Waals surface area contributed by atoms with Gasteiger partial charge < -0.3 is 10.2 Å². The van der Waals surface area contributed by atoms with Crippen LogP contribution in [0.25, 0.3) is 0 Å². The monoisotopic (exact) mass is 380 g/mol. The SMILES string of the molecule is O=C(NCC(=O)N1CCCC2(CC=CCC2)C1)c1ccc(C(F)(F)F)cc1. The van der Waals surface area contributed by atoms with E-state index in [1.54, 1.807) is 4.90 Å². The first kappa shape index (κ1) is 19.5. The maximum absolute atomic E-state index is 12.6. The predicted octanol–water partition coefficient (Wildman–Crippen LogP) is 3.78. The Labute approximate surface area is 156 Å². The number of rotatable bonds is 3. The Morgan fingerprint density at radius 2 is 1.85 bits per heavy atom. The van der Waals surface area contributed by atoms with Crippen molar-refractivity contribution in [1.29, 1.82) is 0 Å². The summed E-state index contributed by atoms with van der Waals surface area (Å²) >= 11 is 0. The molecule has 27 heavy (non-hydrogen) atoms. The van der Waals surface area contributed by atoms with Crippen molar-refractivity contribution in [3.8, 4) is 0 Å². The minimum atomic E-state index is -4.44. The first-order chi connectivity index (χ1) is 12.8. The van der Waals surface area contributed by atoms with E-state index >= 15 is 0 Å². The quantitative estimate of drug-likeness (QED) is 0.812. The van der Waals surface area contributed by atoms with Crippen molar-refractivity contribution in [2.75, 3.05) is 19.6 Å². The number of halogens is 3. The van der Waals surface area contributed by atoms with Gasteiger partial charge in [0, 0.05) is 18.7 Å². The third-order valence-electron chi connectivity index (χ3n) is 5.45. The summed E-state index contributed by atoms with van der Waals surface area (Å²) in [6.45, 7) is 1.23. The Morgan fingerprint density at radius 1 is 1.11 bits per heavy atom. The van der Waals surface area contributed by atoms with E-state index in [2.05, 4.69) is 17.5 Å². The number of alkyl halides is 3. The van der Waals surface area contributed by atoms with E-state index in [9.17, 15) is 22.8 Å². The topological polar surface area (TPSA) is 49.4 Å². The lowest BCUT2D eigenvalue weighted by Gasteiger charge is -2.44. The Balaban J connectivity index is 1.54. The highest BCUT2D eigenvalue weighted by Gasteiger charge is 2.36. The zero-order chi connectivity index (χ0) is 19.5. The third kappa shape index (κ3) is 4.70. The van der Waals surface area contributed by atoms with Crippen LogP contribution in [-0.2, 0) is 11.0 Å². The van der Waals surface area contributed by atoms with E-state index < -0.39 is 17.6 Å². The van der Waals surface area contributed by atoms with Crippen LogP contribution < -0.4 is 5.32 Å². The molecule has 1 saturated heterocycles. The Kier molecular flexibility index (Phi) is 5.58. The van der Waals surface area contributed by atoms with Crippen LogP contribution >= 0.6 is 0 Å². The molecule has 4 nitrogen and oxygen atoms in total. The lowest BCUT2D eigenvalue weighted by atomic mass is 9.71. The van der Waals surface area contributed by atoms with Gasteiger partial charge in [0.2, 0.25) is 5.91 Å². The fraction of sp³-hybridized carbons (Fsp3) is 0.500. The number of benzene rings is 1. The second-order valence-electron chi connectivity index (χ2n) is 7.39. The molecule has 1 N–H and O–H groups in total. The maximum atomic E-state index is 12.6. The summed E-state index contributed by atoms with van der Waals surface area (Å²) in [6.07, 6.45) is 5.07. The molecule has 7 heteroatoms. The van der Waals surface area contributed by atoms with Crippen LogP contribution in [0, 0.1) is 5.41 Å². The van der Waals surface area contributed by atoms with Gasteiger partial charge in [-0.3, -0.25) is 9.59 Å². The molecule has 1 aromatic carbocycles. The molecular weight excluding hydrogens is 357 g/mol. The van der Waals surface area contributed by atoms with Crippen molar-refractivity contribution in [3.05, 3.63) is 47.5 Å². The lowest BCUT2D eigenvalue weighted by Crippen LogP contribution is -2.49. The summed E-state index contributed by atoms with van der Waals surface area (Å²) in [5, 5.41) is 2.52. The van der Waals surface area contributed by atoms with Gasteiger partial charge in [0.25, 0.3) is 5.91 Å². The highest BCUT2D eigenvalue weighted by atomic mass is 19.4. The average molecular weight is 380 g/mol. The fourth-order valence-corrected chi connectivity index (χ4v) is 3.91. The molecule has 1 fully saturated rings.